The lowest BCUT2D eigenvalue weighted by Crippen LogP contribution is -2.17. The number of fused-ring (bicyclic) bond motifs is 1. The van der Waals surface area contributed by atoms with Crippen molar-refractivity contribution in [1.29, 1.82) is 0 Å². The van der Waals surface area contributed by atoms with Crippen LogP contribution in [0.25, 0.3) is 0 Å². The van der Waals surface area contributed by atoms with Crippen LogP contribution >= 0.6 is 0 Å². The number of aromatic nitrogens is 1. The third-order valence-corrected chi connectivity index (χ3v) is 4.19. The molecule has 0 atom stereocenters. The van der Waals surface area contributed by atoms with Gasteiger partial charge in [-0.05, 0) is 56.7 Å². The molecule has 0 saturated carbocycles. The van der Waals surface area contributed by atoms with Crippen LogP contribution in [0.3, 0.4) is 0 Å². The number of benzene rings is 1. The Morgan fingerprint density at radius 3 is 2.86 bits per heavy atom. The topological polar surface area (TPSA) is 55.1 Å². The molecule has 0 aliphatic heterocycles. The second-order valence-electron chi connectivity index (χ2n) is 5.68. The van der Waals surface area contributed by atoms with E-state index in [4.69, 9.17) is 4.52 Å². The van der Waals surface area contributed by atoms with Crippen molar-refractivity contribution in [2.24, 2.45) is 0 Å². The van der Waals surface area contributed by atoms with Crippen LogP contribution in [-0.2, 0) is 24.1 Å². The van der Waals surface area contributed by atoms with Gasteiger partial charge in [0.1, 0.15) is 5.76 Å². The van der Waals surface area contributed by atoms with Crippen molar-refractivity contribution in [2.45, 2.75) is 46.0 Å². The average molecular weight is 284 g/mol. The molecule has 1 heterocycles. The predicted octanol–water partition coefficient (Wildman–Crippen LogP) is 3.35. The Kier molecular flexibility index (Phi) is 3.78. The highest BCUT2D eigenvalue weighted by Crippen LogP contribution is 2.28. The molecule has 21 heavy (non-hydrogen) atoms. The van der Waals surface area contributed by atoms with Gasteiger partial charge in [0.05, 0.1) is 12.1 Å². The van der Waals surface area contributed by atoms with Gasteiger partial charge in [-0.25, -0.2) is 0 Å². The average Bonchev–Trinajstić information content (AvgIpc) is 2.79. The molecule has 0 fully saturated rings. The first kappa shape index (κ1) is 13.9. The Balaban J connectivity index is 1.76. The number of carbonyl (C=O) groups is 1. The standard InChI is InChI=1S/C17H20N2O2/c1-11-15(12(2)21-19-11)10-17(20)18-16-9-5-7-13-6-3-4-8-14(13)16/h5,7,9H,3-4,6,8,10H2,1-2H3,(H,18,20). The van der Waals surface area contributed by atoms with Crippen molar-refractivity contribution in [3.63, 3.8) is 0 Å². The van der Waals surface area contributed by atoms with E-state index in [-0.39, 0.29) is 5.91 Å². The highest BCUT2D eigenvalue weighted by Gasteiger charge is 2.17. The fourth-order valence-electron chi connectivity index (χ4n) is 3.01. The quantitative estimate of drug-likeness (QED) is 0.940. The minimum absolute atomic E-state index is 0.0108. The largest absolute Gasteiger partial charge is 0.361 e. The summed E-state index contributed by atoms with van der Waals surface area (Å²) in [5.41, 5.74) is 5.31. The van der Waals surface area contributed by atoms with Gasteiger partial charge in [-0.2, -0.15) is 0 Å². The van der Waals surface area contributed by atoms with Crippen LogP contribution in [0.2, 0.25) is 0 Å². The summed E-state index contributed by atoms with van der Waals surface area (Å²) in [6, 6.07) is 6.18. The summed E-state index contributed by atoms with van der Waals surface area (Å²) in [5, 5.41) is 6.95. The van der Waals surface area contributed by atoms with Crippen LogP contribution in [0.15, 0.2) is 22.7 Å². The number of nitrogens with zero attached hydrogens (tertiary/aromatic N) is 1. The number of rotatable bonds is 3. The van der Waals surface area contributed by atoms with Crippen LogP contribution in [0, 0.1) is 13.8 Å². The van der Waals surface area contributed by atoms with E-state index in [0.717, 1.165) is 35.5 Å². The van der Waals surface area contributed by atoms with Gasteiger partial charge in [0.2, 0.25) is 5.91 Å². The van der Waals surface area contributed by atoms with E-state index in [2.05, 4.69) is 16.5 Å². The van der Waals surface area contributed by atoms with Gasteiger partial charge in [0, 0.05) is 11.3 Å². The summed E-state index contributed by atoms with van der Waals surface area (Å²) in [6.07, 6.45) is 4.91. The van der Waals surface area contributed by atoms with Gasteiger partial charge in [-0.3, -0.25) is 4.79 Å². The second kappa shape index (κ2) is 5.72. The first-order valence-corrected chi connectivity index (χ1v) is 7.47. The van der Waals surface area contributed by atoms with Crippen LogP contribution in [0.4, 0.5) is 5.69 Å². The molecule has 1 aromatic carbocycles. The Hall–Kier alpha value is -2.10. The fourth-order valence-corrected chi connectivity index (χ4v) is 3.01. The van der Waals surface area contributed by atoms with Gasteiger partial charge in [0.25, 0.3) is 0 Å². The second-order valence-corrected chi connectivity index (χ2v) is 5.68. The van der Waals surface area contributed by atoms with E-state index >= 15 is 0 Å². The molecule has 1 aliphatic rings. The summed E-state index contributed by atoms with van der Waals surface area (Å²) < 4.78 is 5.11. The zero-order valence-corrected chi connectivity index (χ0v) is 12.5. The van der Waals surface area contributed by atoms with E-state index < -0.39 is 0 Å². The smallest absolute Gasteiger partial charge is 0.229 e. The molecule has 1 amide bonds. The Labute approximate surface area is 124 Å². The maximum atomic E-state index is 12.3. The van der Waals surface area contributed by atoms with E-state index in [1.54, 1.807) is 0 Å². The summed E-state index contributed by atoms with van der Waals surface area (Å²) in [5.74, 6) is 0.709. The number of hydrogen-bond donors (Lipinski definition) is 1. The monoisotopic (exact) mass is 284 g/mol. The molecule has 0 saturated heterocycles. The molecule has 2 aromatic rings. The first-order chi connectivity index (χ1) is 10.1. The summed E-state index contributed by atoms with van der Waals surface area (Å²) in [4.78, 5) is 12.3. The van der Waals surface area contributed by atoms with Crippen LogP contribution in [0.5, 0.6) is 0 Å². The molecule has 110 valence electrons. The zero-order chi connectivity index (χ0) is 14.8. The van der Waals surface area contributed by atoms with Crippen molar-refractivity contribution in [3.8, 4) is 0 Å². The number of hydrogen-bond acceptors (Lipinski definition) is 3. The van der Waals surface area contributed by atoms with E-state index in [0.29, 0.717) is 6.42 Å². The van der Waals surface area contributed by atoms with Crippen molar-refractivity contribution in [1.82, 2.24) is 5.16 Å². The van der Waals surface area contributed by atoms with Gasteiger partial charge in [-0.1, -0.05) is 17.3 Å². The third-order valence-electron chi connectivity index (χ3n) is 4.19. The molecule has 1 aliphatic carbocycles. The van der Waals surface area contributed by atoms with Gasteiger partial charge in [-0.15, -0.1) is 0 Å². The van der Waals surface area contributed by atoms with Gasteiger partial charge in [0.15, 0.2) is 0 Å². The van der Waals surface area contributed by atoms with E-state index in [9.17, 15) is 4.79 Å². The highest BCUT2D eigenvalue weighted by atomic mass is 16.5. The van der Waals surface area contributed by atoms with Crippen molar-refractivity contribution >= 4 is 11.6 Å². The number of carbonyl (C=O) groups excluding carboxylic acids is 1. The third kappa shape index (κ3) is 2.84. The number of aryl methyl sites for hydroxylation is 3. The Morgan fingerprint density at radius 1 is 1.29 bits per heavy atom. The maximum Gasteiger partial charge on any atom is 0.229 e. The van der Waals surface area contributed by atoms with Gasteiger partial charge < -0.3 is 9.84 Å². The lowest BCUT2D eigenvalue weighted by molar-refractivity contribution is -0.115. The normalized spacial score (nSPS) is 13.8. The molecular formula is C17H20N2O2. The minimum Gasteiger partial charge on any atom is -0.361 e. The van der Waals surface area contributed by atoms with Crippen LogP contribution in [0.1, 0.15) is 41.0 Å². The number of amides is 1. The molecule has 0 bridgehead atoms. The summed E-state index contributed by atoms with van der Waals surface area (Å²) >= 11 is 0. The molecule has 3 rings (SSSR count). The van der Waals surface area contributed by atoms with Crippen LogP contribution in [-0.4, -0.2) is 11.1 Å². The maximum absolute atomic E-state index is 12.3. The number of nitrogens with one attached hydrogen (secondary N) is 1. The van der Waals surface area contributed by atoms with Gasteiger partial charge >= 0.3 is 0 Å². The Bertz CT molecular complexity index is 654. The van der Waals surface area contributed by atoms with Crippen LogP contribution < -0.4 is 5.32 Å². The zero-order valence-electron chi connectivity index (χ0n) is 12.5. The fraction of sp³-hybridized carbons (Fsp3) is 0.412. The molecule has 0 unspecified atom stereocenters. The molecule has 0 radical (unpaired) electrons. The molecule has 0 spiro atoms. The Morgan fingerprint density at radius 2 is 2.10 bits per heavy atom. The number of anilines is 1. The lowest BCUT2D eigenvalue weighted by atomic mass is 9.90. The molecular weight excluding hydrogens is 264 g/mol. The highest BCUT2D eigenvalue weighted by molar-refractivity contribution is 5.93. The lowest BCUT2D eigenvalue weighted by Gasteiger charge is -2.19. The predicted molar refractivity (Wildman–Crippen MR) is 81.4 cm³/mol. The van der Waals surface area contributed by atoms with E-state index in [1.807, 2.05) is 26.0 Å². The SMILES string of the molecule is Cc1noc(C)c1CC(=O)Nc1cccc2c1CCCC2. The van der Waals surface area contributed by atoms with Crippen molar-refractivity contribution in [2.75, 3.05) is 5.32 Å². The first-order valence-electron chi connectivity index (χ1n) is 7.47. The minimum atomic E-state index is -0.0108. The molecule has 1 aromatic heterocycles. The van der Waals surface area contributed by atoms with Crippen molar-refractivity contribution in [3.05, 3.63) is 46.3 Å². The molecule has 4 nitrogen and oxygen atoms in total. The molecule has 4 heteroatoms. The molecule has 1 N–H and O–H groups in total. The van der Waals surface area contributed by atoms with Crippen molar-refractivity contribution < 1.29 is 9.32 Å². The summed E-state index contributed by atoms with van der Waals surface area (Å²) in [7, 11) is 0. The summed E-state index contributed by atoms with van der Waals surface area (Å²) in [6.45, 7) is 3.70. The van der Waals surface area contributed by atoms with E-state index in [1.165, 1.54) is 24.0 Å².